The zero-order valence-electron chi connectivity index (χ0n) is 17.0. The van der Waals surface area contributed by atoms with E-state index in [9.17, 15) is 4.79 Å². The molecule has 5 aliphatic rings. The van der Waals surface area contributed by atoms with Crippen LogP contribution in [0.15, 0.2) is 0 Å². The minimum absolute atomic E-state index is 0.0166. The number of carbonyl (C=O) groups excluding carboxylic acids is 1. The van der Waals surface area contributed by atoms with E-state index in [4.69, 9.17) is 0 Å². The third-order valence-electron chi connectivity index (χ3n) is 11.2. The Kier molecular flexibility index (Phi) is 3.05. The maximum absolute atomic E-state index is 12.8. The topological polar surface area (TPSA) is 29.1 Å². The van der Waals surface area contributed by atoms with Gasteiger partial charge in [0.1, 0.15) is 5.78 Å². The predicted octanol–water partition coefficient (Wildman–Crippen LogP) is 4.97. The molecule has 25 heavy (non-hydrogen) atoms. The van der Waals surface area contributed by atoms with Gasteiger partial charge in [0.15, 0.2) is 0 Å². The highest BCUT2D eigenvalue weighted by Crippen LogP contribution is 2.88. The molecular weight excluding hydrogens is 306 g/mol. The van der Waals surface area contributed by atoms with Crippen molar-refractivity contribution in [3.8, 4) is 0 Å². The van der Waals surface area contributed by atoms with E-state index >= 15 is 0 Å². The number of rotatable bonds is 1. The number of fused-ring (bicyclic) bond motifs is 2. The molecule has 0 saturated heterocycles. The summed E-state index contributed by atoms with van der Waals surface area (Å²) in [6, 6.07) is 0.676. The lowest BCUT2D eigenvalue weighted by molar-refractivity contribution is -0.152. The standard InChI is InChI=1S/C23H37NO/c1-19(2)15-6-7-16-20(3)10-9-18(25)21(20,4)12-13-23(16)14-22(15,23)11-8-17(19)24-5/h15-17,24H,6-14H2,1-5H3/t15-,16-,17-,20-,21+,22+,23-/m0/s1. The van der Waals surface area contributed by atoms with E-state index in [-0.39, 0.29) is 10.8 Å². The van der Waals surface area contributed by atoms with Gasteiger partial charge in [-0.2, -0.15) is 0 Å². The Morgan fingerprint density at radius 2 is 1.56 bits per heavy atom. The summed E-state index contributed by atoms with van der Waals surface area (Å²) >= 11 is 0. The molecule has 0 amide bonds. The fraction of sp³-hybridized carbons (Fsp3) is 0.957. The van der Waals surface area contributed by atoms with Crippen LogP contribution in [-0.2, 0) is 4.79 Å². The summed E-state index contributed by atoms with van der Waals surface area (Å²) in [5.41, 5.74) is 1.88. The predicted molar refractivity (Wildman–Crippen MR) is 101 cm³/mol. The second-order valence-corrected chi connectivity index (χ2v) is 11.5. The van der Waals surface area contributed by atoms with Crippen molar-refractivity contribution < 1.29 is 4.79 Å². The van der Waals surface area contributed by atoms with E-state index in [2.05, 4.69) is 40.1 Å². The largest absolute Gasteiger partial charge is 0.316 e. The molecule has 0 bridgehead atoms. The second-order valence-electron chi connectivity index (χ2n) is 11.5. The molecule has 5 saturated carbocycles. The fourth-order valence-corrected chi connectivity index (χ4v) is 9.61. The molecule has 140 valence electrons. The molecule has 0 aromatic heterocycles. The monoisotopic (exact) mass is 343 g/mol. The molecule has 0 aliphatic heterocycles. The van der Waals surface area contributed by atoms with Crippen molar-refractivity contribution in [3.05, 3.63) is 0 Å². The van der Waals surface area contributed by atoms with E-state index in [1.165, 1.54) is 44.9 Å². The van der Waals surface area contributed by atoms with Gasteiger partial charge in [0.05, 0.1) is 0 Å². The van der Waals surface area contributed by atoms with Crippen LogP contribution in [0.4, 0.5) is 0 Å². The van der Waals surface area contributed by atoms with E-state index in [1.807, 2.05) is 0 Å². The number of hydrogen-bond donors (Lipinski definition) is 1. The van der Waals surface area contributed by atoms with Crippen LogP contribution in [0.2, 0.25) is 0 Å². The minimum Gasteiger partial charge on any atom is -0.316 e. The van der Waals surface area contributed by atoms with Crippen molar-refractivity contribution in [2.24, 2.45) is 38.9 Å². The van der Waals surface area contributed by atoms with E-state index in [0.29, 0.717) is 28.1 Å². The Morgan fingerprint density at radius 1 is 0.880 bits per heavy atom. The fourth-order valence-electron chi connectivity index (χ4n) is 9.61. The molecule has 2 heteroatoms. The van der Waals surface area contributed by atoms with E-state index < -0.39 is 0 Å². The molecule has 5 rings (SSSR count). The first-order valence-electron chi connectivity index (χ1n) is 10.9. The number of nitrogens with one attached hydrogen (secondary N) is 1. The highest BCUT2D eigenvalue weighted by Gasteiger charge is 2.82. The first kappa shape index (κ1) is 16.8. The summed E-state index contributed by atoms with van der Waals surface area (Å²) in [5.74, 6) is 2.27. The van der Waals surface area contributed by atoms with Crippen molar-refractivity contribution in [3.63, 3.8) is 0 Å². The molecule has 0 radical (unpaired) electrons. The van der Waals surface area contributed by atoms with Crippen LogP contribution in [0.25, 0.3) is 0 Å². The molecule has 2 nitrogen and oxygen atoms in total. The normalized spacial score (nSPS) is 58.8. The Bertz CT molecular complexity index is 640. The molecule has 7 atom stereocenters. The van der Waals surface area contributed by atoms with Crippen molar-refractivity contribution in [1.82, 2.24) is 5.32 Å². The maximum Gasteiger partial charge on any atom is 0.139 e. The maximum atomic E-state index is 12.8. The first-order chi connectivity index (χ1) is 11.7. The molecule has 0 aromatic carbocycles. The van der Waals surface area contributed by atoms with Gasteiger partial charge in [-0.3, -0.25) is 4.79 Å². The van der Waals surface area contributed by atoms with Gasteiger partial charge >= 0.3 is 0 Å². The Labute approximate surface area is 153 Å². The Balaban J connectivity index is 1.55. The van der Waals surface area contributed by atoms with Gasteiger partial charge < -0.3 is 5.32 Å². The van der Waals surface area contributed by atoms with Crippen LogP contribution in [0.3, 0.4) is 0 Å². The summed E-state index contributed by atoms with van der Waals surface area (Å²) in [6.45, 7) is 9.93. The van der Waals surface area contributed by atoms with Gasteiger partial charge in [-0.05, 0) is 91.9 Å². The van der Waals surface area contributed by atoms with Crippen LogP contribution in [0.5, 0.6) is 0 Å². The summed E-state index contributed by atoms with van der Waals surface area (Å²) in [5, 5.41) is 3.64. The zero-order chi connectivity index (χ0) is 17.9. The quantitative estimate of drug-likeness (QED) is 0.728. The lowest BCUT2D eigenvalue weighted by Gasteiger charge is -2.62. The third-order valence-corrected chi connectivity index (χ3v) is 11.2. The third kappa shape index (κ3) is 1.58. The number of carbonyl (C=O) groups is 1. The Morgan fingerprint density at radius 3 is 2.28 bits per heavy atom. The van der Waals surface area contributed by atoms with Crippen molar-refractivity contribution in [2.75, 3.05) is 7.05 Å². The van der Waals surface area contributed by atoms with E-state index in [0.717, 1.165) is 24.7 Å². The van der Waals surface area contributed by atoms with Crippen LogP contribution in [-0.4, -0.2) is 18.9 Å². The smallest absolute Gasteiger partial charge is 0.139 e. The van der Waals surface area contributed by atoms with Crippen LogP contribution in [0.1, 0.15) is 85.5 Å². The van der Waals surface area contributed by atoms with Gasteiger partial charge in [-0.15, -0.1) is 0 Å². The van der Waals surface area contributed by atoms with Crippen LogP contribution in [0, 0.1) is 38.9 Å². The highest BCUT2D eigenvalue weighted by atomic mass is 16.1. The van der Waals surface area contributed by atoms with Crippen molar-refractivity contribution in [1.29, 1.82) is 0 Å². The van der Waals surface area contributed by atoms with E-state index in [1.54, 1.807) is 0 Å². The van der Waals surface area contributed by atoms with Gasteiger partial charge in [-0.25, -0.2) is 0 Å². The molecule has 0 aromatic rings. The summed E-state index contributed by atoms with van der Waals surface area (Å²) in [4.78, 5) is 12.8. The van der Waals surface area contributed by atoms with Crippen molar-refractivity contribution in [2.45, 2.75) is 91.5 Å². The molecule has 5 fully saturated rings. The average Bonchev–Trinajstić information content (AvgIpc) is 3.17. The summed E-state index contributed by atoms with van der Waals surface area (Å²) < 4.78 is 0. The lowest BCUT2D eigenvalue weighted by atomic mass is 9.42. The summed E-state index contributed by atoms with van der Waals surface area (Å²) in [7, 11) is 2.16. The molecule has 2 spiro atoms. The number of hydrogen-bond acceptors (Lipinski definition) is 2. The Hall–Kier alpha value is -0.370. The van der Waals surface area contributed by atoms with Crippen LogP contribution >= 0.6 is 0 Å². The highest BCUT2D eigenvalue weighted by molar-refractivity contribution is 5.88. The first-order valence-corrected chi connectivity index (χ1v) is 10.9. The minimum atomic E-state index is -0.0166. The van der Waals surface area contributed by atoms with Gasteiger partial charge in [-0.1, -0.05) is 27.7 Å². The summed E-state index contributed by atoms with van der Waals surface area (Å²) in [6.07, 6.45) is 11.6. The molecule has 0 unspecified atom stereocenters. The molecule has 0 heterocycles. The lowest BCUT2D eigenvalue weighted by Crippen LogP contribution is -2.59. The zero-order valence-corrected chi connectivity index (χ0v) is 17.0. The number of Topliss-reactive ketones (excluding diaryl/α,β-unsaturated/α-hetero) is 1. The van der Waals surface area contributed by atoms with Gasteiger partial charge in [0.2, 0.25) is 0 Å². The molecular formula is C23H37NO. The average molecular weight is 344 g/mol. The van der Waals surface area contributed by atoms with Gasteiger partial charge in [0, 0.05) is 17.9 Å². The van der Waals surface area contributed by atoms with Crippen LogP contribution < -0.4 is 5.32 Å². The molecule has 5 aliphatic carbocycles. The van der Waals surface area contributed by atoms with Crippen molar-refractivity contribution >= 4 is 5.78 Å². The SMILES string of the molecule is CN[C@H]1CC[C@]23C[C@]24CC[C@]2(C)C(=O)CC[C@@]2(C)[C@@H]4CC[C@H]3C1(C)C. The molecule has 1 N–H and O–H groups in total. The number of ketones is 1. The second kappa shape index (κ2) is 4.54. The van der Waals surface area contributed by atoms with Gasteiger partial charge in [0.25, 0.3) is 0 Å².